The maximum atomic E-state index is 12.1. The van der Waals surface area contributed by atoms with E-state index in [-0.39, 0.29) is 5.91 Å². The standard InChI is InChI=1S/C15H9BrClN3O2S/c16-12-5-4-11(23-12)15(22)20-19-14(21)9-1-3-10-8(7-9)2-6-13(17)18-10/h1-7H,(H,19,21)(H,20,22). The Morgan fingerprint density at radius 3 is 2.57 bits per heavy atom. The third-order valence-corrected chi connectivity index (χ3v) is 4.84. The summed E-state index contributed by atoms with van der Waals surface area (Å²) in [5, 5.41) is 1.18. The summed E-state index contributed by atoms with van der Waals surface area (Å²) in [4.78, 5) is 28.6. The lowest BCUT2D eigenvalue weighted by atomic mass is 10.1. The van der Waals surface area contributed by atoms with Crippen molar-refractivity contribution in [1.29, 1.82) is 0 Å². The van der Waals surface area contributed by atoms with E-state index in [1.165, 1.54) is 11.3 Å². The highest BCUT2D eigenvalue weighted by molar-refractivity contribution is 9.11. The first-order valence-corrected chi connectivity index (χ1v) is 8.44. The number of pyridine rings is 1. The third kappa shape index (κ3) is 3.69. The van der Waals surface area contributed by atoms with Crippen LogP contribution in [0.5, 0.6) is 0 Å². The average molecular weight is 411 g/mol. The molecular weight excluding hydrogens is 402 g/mol. The molecule has 2 N–H and O–H groups in total. The molecule has 0 fully saturated rings. The Hall–Kier alpha value is -1.96. The summed E-state index contributed by atoms with van der Waals surface area (Å²) in [6, 6.07) is 11.9. The molecule has 0 aliphatic carbocycles. The van der Waals surface area contributed by atoms with Gasteiger partial charge in [0.15, 0.2) is 0 Å². The van der Waals surface area contributed by atoms with Gasteiger partial charge in [0.2, 0.25) is 0 Å². The van der Waals surface area contributed by atoms with E-state index in [1.54, 1.807) is 42.5 Å². The Balaban J connectivity index is 1.70. The van der Waals surface area contributed by atoms with Gasteiger partial charge in [-0.1, -0.05) is 11.6 Å². The molecule has 2 heterocycles. The molecule has 8 heteroatoms. The number of hydrazine groups is 1. The van der Waals surface area contributed by atoms with Crippen molar-refractivity contribution in [3.63, 3.8) is 0 Å². The fraction of sp³-hybridized carbons (Fsp3) is 0. The SMILES string of the molecule is O=C(NNC(=O)c1ccc(Br)s1)c1ccc2nc(Cl)ccc2c1. The second kappa shape index (κ2) is 6.66. The first-order valence-electron chi connectivity index (χ1n) is 6.45. The minimum absolute atomic E-state index is 0.372. The van der Waals surface area contributed by atoms with Gasteiger partial charge in [0.25, 0.3) is 11.8 Å². The summed E-state index contributed by atoms with van der Waals surface area (Å²) in [7, 11) is 0. The van der Waals surface area contributed by atoms with Crippen LogP contribution in [0.1, 0.15) is 20.0 Å². The fourth-order valence-corrected chi connectivity index (χ4v) is 3.36. The van der Waals surface area contributed by atoms with Crippen LogP contribution in [0.2, 0.25) is 5.15 Å². The predicted octanol–water partition coefficient (Wildman–Crippen LogP) is 3.79. The number of hydrogen-bond acceptors (Lipinski definition) is 4. The highest BCUT2D eigenvalue weighted by Gasteiger charge is 2.11. The minimum Gasteiger partial charge on any atom is -0.267 e. The Morgan fingerprint density at radius 1 is 1.04 bits per heavy atom. The van der Waals surface area contributed by atoms with Gasteiger partial charge in [-0.05, 0) is 58.4 Å². The van der Waals surface area contributed by atoms with E-state index in [1.807, 2.05) is 0 Å². The first-order chi connectivity index (χ1) is 11.0. The quantitative estimate of drug-likeness (QED) is 0.499. The molecule has 23 heavy (non-hydrogen) atoms. The van der Waals surface area contributed by atoms with Crippen molar-refractivity contribution in [2.45, 2.75) is 0 Å². The summed E-state index contributed by atoms with van der Waals surface area (Å²) in [5.74, 6) is -0.783. The largest absolute Gasteiger partial charge is 0.279 e. The van der Waals surface area contributed by atoms with Crippen LogP contribution in [0, 0.1) is 0 Å². The van der Waals surface area contributed by atoms with Crippen LogP contribution in [-0.4, -0.2) is 16.8 Å². The van der Waals surface area contributed by atoms with Gasteiger partial charge in [-0.2, -0.15) is 0 Å². The van der Waals surface area contributed by atoms with Gasteiger partial charge in [0, 0.05) is 10.9 Å². The molecule has 0 atom stereocenters. The van der Waals surface area contributed by atoms with Crippen LogP contribution in [0.25, 0.3) is 10.9 Å². The second-order valence-electron chi connectivity index (χ2n) is 4.55. The van der Waals surface area contributed by atoms with E-state index in [4.69, 9.17) is 11.6 Å². The van der Waals surface area contributed by atoms with E-state index in [9.17, 15) is 9.59 Å². The smallest absolute Gasteiger partial charge is 0.267 e. The van der Waals surface area contributed by atoms with Crippen LogP contribution in [0.3, 0.4) is 0 Å². The number of thiophene rings is 1. The molecular formula is C15H9BrClN3O2S. The molecule has 0 spiro atoms. The zero-order valence-electron chi connectivity index (χ0n) is 11.5. The number of amides is 2. The molecule has 3 rings (SSSR count). The Labute approximate surface area is 148 Å². The maximum Gasteiger partial charge on any atom is 0.279 e. The molecule has 0 radical (unpaired) electrons. The molecule has 5 nitrogen and oxygen atoms in total. The van der Waals surface area contributed by atoms with Gasteiger partial charge in [-0.3, -0.25) is 20.4 Å². The van der Waals surface area contributed by atoms with Crippen molar-refractivity contribution in [2.24, 2.45) is 0 Å². The highest BCUT2D eigenvalue weighted by atomic mass is 79.9. The maximum absolute atomic E-state index is 12.1. The monoisotopic (exact) mass is 409 g/mol. The van der Waals surface area contributed by atoms with Gasteiger partial charge < -0.3 is 0 Å². The summed E-state index contributed by atoms with van der Waals surface area (Å²) in [6.45, 7) is 0. The molecule has 1 aromatic carbocycles. The first kappa shape index (κ1) is 15.9. The summed E-state index contributed by atoms with van der Waals surface area (Å²) in [5.41, 5.74) is 5.88. The fourth-order valence-electron chi connectivity index (χ4n) is 1.93. The van der Waals surface area contributed by atoms with Crippen LogP contribution >= 0.6 is 38.9 Å². The number of rotatable bonds is 2. The molecule has 0 unspecified atom stereocenters. The van der Waals surface area contributed by atoms with Crippen LogP contribution in [0.4, 0.5) is 0 Å². The highest BCUT2D eigenvalue weighted by Crippen LogP contribution is 2.21. The van der Waals surface area contributed by atoms with E-state index in [2.05, 4.69) is 31.8 Å². The summed E-state index contributed by atoms with van der Waals surface area (Å²) in [6.07, 6.45) is 0. The third-order valence-electron chi connectivity index (χ3n) is 3.00. The van der Waals surface area contributed by atoms with E-state index >= 15 is 0 Å². The van der Waals surface area contributed by atoms with Crippen LogP contribution in [0.15, 0.2) is 46.3 Å². The number of nitrogens with zero attached hydrogens (tertiary/aromatic N) is 1. The second-order valence-corrected chi connectivity index (χ2v) is 7.40. The Bertz CT molecular complexity index is 913. The Morgan fingerprint density at radius 2 is 1.83 bits per heavy atom. The normalized spacial score (nSPS) is 10.5. The number of benzene rings is 1. The van der Waals surface area contributed by atoms with Crippen molar-refractivity contribution in [1.82, 2.24) is 15.8 Å². The van der Waals surface area contributed by atoms with Gasteiger partial charge in [0.1, 0.15) is 5.15 Å². The number of carbonyl (C=O) groups is 2. The number of nitrogens with one attached hydrogen (secondary N) is 2. The van der Waals surface area contributed by atoms with Gasteiger partial charge >= 0.3 is 0 Å². The van der Waals surface area contributed by atoms with E-state index < -0.39 is 5.91 Å². The van der Waals surface area contributed by atoms with Gasteiger partial charge in [-0.25, -0.2) is 4.98 Å². The lowest BCUT2D eigenvalue weighted by molar-refractivity contribution is 0.0849. The topological polar surface area (TPSA) is 71.1 Å². The van der Waals surface area contributed by atoms with Crippen molar-refractivity contribution in [3.8, 4) is 0 Å². The molecule has 0 saturated heterocycles. The van der Waals surface area contributed by atoms with Crippen molar-refractivity contribution in [3.05, 3.63) is 61.8 Å². The van der Waals surface area contributed by atoms with E-state index in [0.717, 1.165) is 9.17 Å². The molecule has 0 saturated carbocycles. The Kier molecular flexibility index (Phi) is 4.61. The molecule has 0 aliphatic rings. The molecule has 3 aromatic rings. The molecule has 116 valence electrons. The summed E-state index contributed by atoms with van der Waals surface area (Å²) >= 11 is 10.4. The predicted molar refractivity (Wildman–Crippen MR) is 93.7 cm³/mol. The minimum atomic E-state index is -0.411. The van der Waals surface area contributed by atoms with Crippen molar-refractivity contribution >= 4 is 61.6 Å². The molecule has 0 bridgehead atoms. The number of aromatic nitrogens is 1. The lowest BCUT2D eigenvalue weighted by Crippen LogP contribution is -2.41. The number of fused-ring (bicyclic) bond motifs is 1. The van der Waals surface area contributed by atoms with Crippen LogP contribution in [-0.2, 0) is 0 Å². The molecule has 2 aromatic heterocycles. The van der Waals surface area contributed by atoms with Crippen molar-refractivity contribution in [2.75, 3.05) is 0 Å². The molecule has 0 aliphatic heterocycles. The van der Waals surface area contributed by atoms with E-state index in [0.29, 0.717) is 21.1 Å². The van der Waals surface area contributed by atoms with Crippen molar-refractivity contribution < 1.29 is 9.59 Å². The number of halogens is 2. The summed E-state index contributed by atoms with van der Waals surface area (Å²) < 4.78 is 0.842. The van der Waals surface area contributed by atoms with Gasteiger partial charge in [0.05, 0.1) is 14.2 Å². The average Bonchev–Trinajstić information content (AvgIpc) is 2.98. The van der Waals surface area contributed by atoms with Crippen LogP contribution < -0.4 is 10.9 Å². The van der Waals surface area contributed by atoms with Gasteiger partial charge in [-0.15, -0.1) is 11.3 Å². The number of hydrogen-bond donors (Lipinski definition) is 2. The zero-order chi connectivity index (χ0) is 16.4. The number of carbonyl (C=O) groups excluding carboxylic acids is 2. The lowest BCUT2D eigenvalue weighted by Gasteiger charge is -2.07. The molecule has 2 amide bonds. The zero-order valence-corrected chi connectivity index (χ0v) is 14.6.